The van der Waals surface area contributed by atoms with Crippen molar-refractivity contribution in [2.24, 2.45) is 5.41 Å². The van der Waals surface area contributed by atoms with E-state index in [2.05, 4.69) is 23.7 Å². The van der Waals surface area contributed by atoms with Gasteiger partial charge in [0, 0.05) is 11.3 Å². The van der Waals surface area contributed by atoms with Crippen molar-refractivity contribution in [1.29, 1.82) is 0 Å². The van der Waals surface area contributed by atoms with Crippen LogP contribution in [0.3, 0.4) is 0 Å². The quantitative estimate of drug-likeness (QED) is 0.936. The Morgan fingerprint density at radius 1 is 1.39 bits per heavy atom. The Balaban J connectivity index is 2.08. The van der Waals surface area contributed by atoms with Gasteiger partial charge in [-0.2, -0.15) is 5.10 Å². The number of nitrogens with zero attached hydrogens (tertiary/aromatic N) is 2. The van der Waals surface area contributed by atoms with Crippen LogP contribution in [0, 0.1) is 11.2 Å². The van der Waals surface area contributed by atoms with Gasteiger partial charge in [-0.05, 0) is 36.5 Å². The van der Waals surface area contributed by atoms with E-state index in [9.17, 15) is 12.8 Å². The van der Waals surface area contributed by atoms with Gasteiger partial charge in [0.15, 0.2) is 0 Å². The molecular weight excluding hydrogens is 317 g/mol. The maximum atomic E-state index is 13.5. The molecule has 0 fully saturated rings. The lowest BCUT2D eigenvalue weighted by atomic mass is 9.74. The van der Waals surface area contributed by atoms with E-state index >= 15 is 0 Å². The minimum atomic E-state index is -3.33. The van der Waals surface area contributed by atoms with E-state index in [1.54, 1.807) is 23.0 Å². The summed E-state index contributed by atoms with van der Waals surface area (Å²) in [6.45, 7) is 4.19. The topological polar surface area (TPSA) is 64.0 Å². The molecular formula is C16H20FN3O2S. The highest BCUT2D eigenvalue weighted by molar-refractivity contribution is 7.88. The number of hydrogen-bond acceptors (Lipinski definition) is 3. The first-order valence-corrected chi connectivity index (χ1v) is 9.34. The summed E-state index contributed by atoms with van der Waals surface area (Å²) in [6, 6.07) is 5.92. The predicted molar refractivity (Wildman–Crippen MR) is 86.3 cm³/mol. The van der Waals surface area contributed by atoms with E-state index < -0.39 is 10.0 Å². The summed E-state index contributed by atoms with van der Waals surface area (Å²) in [6.07, 6.45) is 4.28. The normalized spacial score (nSPS) is 20.3. The Morgan fingerprint density at radius 2 is 2.13 bits per heavy atom. The third-order valence-electron chi connectivity index (χ3n) is 4.09. The smallest absolute Gasteiger partial charge is 0.209 e. The molecule has 5 nitrogen and oxygen atoms in total. The Morgan fingerprint density at radius 3 is 2.78 bits per heavy atom. The van der Waals surface area contributed by atoms with E-state index in [-0.39, 0.29) is 17.3 Å². The van der Waals surface area contributed by atoms with Crippen LogP contribution < -0.4 is 4.72 Å². The van der Waals surface area contributed by atoms with Crippen molar-refractivity contribution in [3.05, 3.63) is 47.5 Å². The van der Waals surface area contributed by atoms with Gasteiger partial charge >= 0.3 is 0 Å². The molecule has 3 rings (SSSR count). The third kappa shape index (κ3) is 3.45. The minimum Gasteiger partial charge on any atom is -0.237 e. The van der Waals surface area contributed by atoms with E-state index in [0.29, 0.717) is 12.1 Å². The summed E-state index contributed by atoms with van der Waals surface area (Å²) < 4.78 is 41.2. The zero-order valence-electron chi connectivity index (χ0n) is 13.4. The maximum Gasteiger partial charge on any atom is 0.209 e. The molecule has 0 radical (unpaired) electrons. The van der Waals surface area contributed by atoms with Gasteiger partial charge in [0.25, 0.3) is 0 Å². The first kappa shape index (κ1) is 16.1. The average Bonchev–Trinajstić information content (AvgIpc) is 2.79. The van der Waals surface area contributed by atoms with Gasteiger partial charge in [-0.3, -0.25) is 0 Å². The largest absolute Gasteiger partial charge is 0.237 e. The van der Waals surface area contributed by atoms with E-state index in [1.807, 2.05) is 0 Å². The second-order valence-electron chi connectivity index (χ2n) is 6.93. The number of benzene rings is 1. The molecule has 0 unspecified atom stereocenters. The first-order chi connectivity index (χ1) is 10.6. The van der Waals surface area contributed by atoms with Gasteiger partial charge in [0.05, 0.1) is 24.2 Å². The lowest BCUT2D eigenvalue weighted by Crippen LogP contribution is -2.36. The molecule has 0 saturated heterocycles. The molecule has 1 atom stereocenters. The van der Waals surface area contributed by atoms with Crippen molar-refractivity contribution in [3.8, 4) is 5.69 Å². The van der Waals surface area contributed by atoms with Crippen molar-refractivity contribution in [3.63, 3.8) is 0 Å². The van der Waals surface area contributed by atoms with Gasteiger partial charge in [-0.15, -0.1) is 0 Å². The van der Waals surface area contributed by atoms with Crippen molar-refractivity contribution < 1.29 is 12.8 Å². The number of hydrogen-bond donors (Lipinski definition) is 1. The second-order valence-corrected chi connectivity index (χ2v) is 8.71. The van der Waals surface area contributed by atoms with Gasteiger partial charge in [-0.25, -0.2) is 22.2 Å². The van der Waals surface area contributed by atoms with Crippen LogP contribution in [0.1, 0.15) is 37.6 Å². The van der Waals surface area contributed by atoms with Crippen molar-refractivity contribution in [2.75, 3.05) is 6.26 Å². The molecule has 0 saturated carbocycles. The van der Waals surface area contributed by atoms with Crippen LogP contribution in [0.25, 0.3) is 5.69 Å². The highest BCUT2D eigenvalue weighted by Gasteiger charge is 2.36. The molecule has 0 amide bonds. The number of halogens is 1. The van der Waals surface area contributed by atoms with E-state index in [1.165, 1.54) is 12.1 Å². The summed E-state index contributed by atoms with van der Waals surface area (Å²) in [7, 11) is -3.33. The summed E-state index contributed by atoms with van der Waals surface area (Å²) in [5, 5.41) is 4.37. The van der Waals surface area contributed by atoms with Crippen LogP contribution in [0.2, 0.25) is 0 Å². The van der Waals surface area contributed by atoms with Crippen LogP contribution >= 0.6 is 0 Å². The maximum absolute atomic E-state index is 13.5. The van der Waals surface area contributed by atoms with E-state index in [0.717, 1.165) is 23.9 Å². The summed E-state index contributed by atoms with van der Waals surface area (Å²) in [4.78, 5) is 0. The third-order valence-corrected chi connectivity index (χ3v) is 4.80. The minimum absolute atomic E-state index is 0.0829. The summed E-state index contributed by atoms with van der Waals surface area (Å²) in [5.41, 5.74) is 2.34. The van der Waals surface area contributed by atoms with Crippen molar-refractivity contribution in [1.82, 2.24) is 14.5 Å². The summed E-state index contributed by atoms with van der Waals surface area (Å²) in [5.74, 6) is -0.326. The zero-order chi connectivity index (χ0) is 16.8. The highest BCUT2D eigenvalue weighted by Crippen LogP contribution is 2.41. The van der Waals surface area contributed by atoms with Crippen LogP contribution in [-0.2, 0) is 16.4 Å². The monoisotopic (exact) mass is 337 g/mol. The highest BCUT2D eigenvalue weighted by atomic mass is 32.2. The molecule has 1 aliphatic carbocycles. The number of rotatable bonds is 3. The van der Waals surface area contributed by atoms with Gasteiger partial charge in [0.2, 0.25) is 10.0 Å². The molecule has 7 heteroatoms. The molecule has 0 spiro atoms. The SMILES string of the molecule is CC1(C)Cc2c(cnn2-c2cccc(F)c2)[C@H](NS(C)(=O)=O)C1. The predicted octanol–water partition coefficient (Wildman–Crippen LogP) is 2.57. The summed E-state index contributed by atoms with van der Waals surface area (Å²) >= 11 is 0. The average molecular weight is 337 g/mol. The molecule has 23 heavy (non-hydrogen) atoms. The molecule has 0 aliphatic heterocycles. The number of sulfonamides is 1. The fourth-order valence-electron chi connectivity index (χ4n) is 3.24. The molecule has 1 N–H and O–H groups in total. The lowest BCUT2D eigenvalue weighted by Gasteiger charge is -2.35. The molecule has 2 aromatic rings. The number of fused-ring (bicyclic) bond motifs is 1. The van der Waals surface area contributed by atoms with Crippen LogP contribution in [0.15, 0.2) is 30.5 Å². The number of nitrogens with one attached hydrogen (secondary N) is 1. The number of aromatic nitrogens is 2. The van der Waals surface area contributed by atoms with E-state index in [4.69, 9.17) is 0 Å². The Kier molecular flexibility index (Phi) is 3.80. The Hall–Kier alpha value is -1.73. The second kappa shape index (κ2) is 5.42. The molecule has 124 valence electrons. The van der Waals surface area contributed by atoms with Crippen molar-refractivity contribution >= 4 is 10.0 Å². The van der Waals surface area contributed by atoms with Crippen LogP contribution in [0.4, 0.5) is 4.39 Å². The van der Waals surface area contributed by atoms with Gasteiger partial charge in [0.1, 0.15) is 5.82 Å². The van der Waals surface area contributed by atoms with Crippen LogP contribution in [-0.4, -0.2) is 24.5 Å². The molecule has 1 aromatic carbocycles. The fraction of sp³-hybridized carbons (Fsp3) is 0.438. The zero-order valence-corrected chi connectivity index (χ0v) is 14.2. The standard InChI is InChI=1S/C16H20FN3O2S/c1-16(2)8-14(19-23(3,21)22)13-10-18-20(15(13)9-16)12-6-4-5-11(17)7-12/h4-7,10,14,19H,8-9H2,1-3H3/t14-/m1/s1. The Bertz CT molecular complexity index is 843. The van der Waals surface area contributed by atoms with Crippen molar-refractivity contribution in [2.45, 2.75) is 32.7 Å². The van der Waals surface area contributed by atoms with Gasteiger partial charge < -0.3 is 0 Å². The fourth-order valence-corrected chi connectivity index (χ4v) is 3.96. The molecule has 0 bridgehead atoms. The first-order valence-electron chi connectivity index (χ1n) is 7.45. The molecule has 1 heterocycles. The Labute approximate surface area is 135 Å². The lowest BCUT2D eigenvalue weighted by molar-refractivity contribution is 0.269. The van der Waals surface area contributed by atoms with Crippen LogP contribution in [0.5, 0.6) is 0 Å². The molecule has 1 aromatic heterocycles. The molecule has 1 aliphatic rings. The van der Waals surface area contributed by atoms with Gasteiger partial charge in [-0.1, -0.05) is 19.9 Å².